The summed E-state index contributed by atoms with van der Waals surface area (Å²) in [5.74, 6) is 2.04. The van der Waals surface area contributed by atoms with E-state index in [9.17, 15) is 5.11 Å². The highest BCUT2D eigenvalue weighted by Crippen LogP contribution is 2.44. The first-order chi connectivity index (χ1) is 8.03. The van der Waals surface area contributed by atoms with E-state index in [1.165, 1.54) is 6.42 Å². The Balaban J connectivity index is 0.000000494. The van der Waals surface area contributed by atoms with Crippen LogP contribution in [-0.4, -0.2) is 10.7 Å². The van der Waals surface area contributed by atoms with Gasteiger partial charge in [0.25, 0.3) is 0 Å². The van der Waals surface area contributed by atoms with Gasteiger partial charge in [-0.15, -0.1) is 0 Å². The second kappa shape index (κ2) is 6.93. The van der Waals surface area contributed by atoms with Crippen molar-refractivity contribution >= 4 is 0 Å². The molecule has 0 saturated heterocycles. The standard InChI is InChI=1S/C12H24O.C5H12/c1-9-8-10(2)12(5,13)7-6-11(9,3)4;1-4-5(2)3/h9-10,13H,6-8H2,1-5H3;5H,4H2,1-3H3. The first-order valence-corrected chi connectivity index (χ1v) is 7.75. The van der Waals surface area contributed by atoms with Gasteiger partial charge in [0.1, 0.15) is 0 Å². The van der Waals surface area contributed by atoms with E-state index in [4.69, 9.17) is 0 Å². The molecule has 0 aromatic carbocycles. The highest BCUT2D eigenvalue weighted by molar-refractivity contribution is 4.90. The van der Waals surface area contributed by atoms with E-state index >= 15 is 0 Å². The lowest BCUT2D eigenvalue weighted by Crippen LogP contribution is -2.31. The summed E-state index contributed by atoms with van der Waals surface area (Å²) in [6, 6.07) is 0. The zero-order valence-corrected chi connectivity index (χ0v) is 14.0. The molecule has 0 heterocycles. The first-order valence-electron chi connectivity index (χ1n) is 7.75. The third-order valence-corrected chi connectivity index (χ3v) is 5.19. The van der Waals surface area contributed by atoms with Crippen LogP contribution in [0.4, 0.5) is 0 Å². The van der Waals surface area contributed by atoms with Gasteiger partial charge in [0.15, 0.2) is 0 Å². The minimum Gasteiger partial charge on any atom is -0.390 e. The van der Waals surface area contributed by atoms with Gasteiger partial charge < -0.3 is 5.11 Å². The molecule has 3 unspecified atom stereocenters. The molecular weight excluding hydrogens is 220 g/mol. The summed E-state index contributed by atoms with van der Waals surface area (Å²) in [6.45, 7) is 17.8. The number of aliphatic hydroxyl groups is 1. The predicted octanol–water partition coefficient (Wildman–Crippen LogP) is 5.27. The van der Waals surface area contributed by atoms with E-state index < -0.39 is 5.60 Å². The van der Waals surface area contributed by atoms with Gasteiger partial charge in [-0.2, -0.15) is 0 Å². The van der Waals surface area contributed by atoms with E-state index in [1.54, 1.807) is 0 Å². The minimum absolute atomic E-state index is 0.398. The van der Waals surface area contributed by atoms with Crippen molar-refractivity contribution in [2.24, 2.45) is 23.2 Å². The molecule has 0 radical (unpaired) electrons. The van der Waals surface area contributed by atoms with Crippen LogP contribution >= 0.6 is 0 Å². The molecule has 0 amide bonds. The van der Waals surface area contributed by atoms with Gasteiger partial charge in [0.05, 0.1) is 5.60 Å². The van der Waals surface area contributed by atoms with Crippen molar-refractivity contribution in [1.29, 1.82) is 0 Å². The Morgan fingerprint density at radius 1 is 1.06 bits per heavy atom. The van der Waals surface area contributed by atoms with Crippen LogP contribution in [-0.2, 0) is 0 Å². The van der Waals surface area contributed by atoms with Gasteiger partial charge in [-0.05, 0) is 49.4 Å². The average Bonchev–Trinajstić information content (AvgIpc) is 2.32. The highest BCUT2D eigenvalue weighted by Gasteiger charge is 2.39. The third kappa shape index (κ3) is 5.73. The fourth-order valence-corrected chi connectivity index (χ4v) is 2.17. The Morgan fingerprint density at radius 3 is 1.89 bits per heavy atom. The molecule has 3 atom stereocenters. The van der Waals surface area contributed by atoms with Crippen molar-refractivity contribution in [3.05, 3.63) is 0 Å². The van der Waals surface area contributed by atoms with Crippen molar-refractivity contribution in [1.82, 2.24) is 0 Å². The van der Waals surface area contributed by atoms with Crippen LogP contribution in [0.2, 0.25) is 0 Å². The van der Waals surface area contributed by atoms with Crippen LogP contribution in [0.5, 0.6) is 0 Å². The van der Waals surface area contributed by atoms with Gasteiger partial charge in [-0.25, -0.2) is 0 Å². The summed E-state index contributed by atoms with van der Waals surface area (Å²) in [5, 5.41) is 10.2. The van der Waals surface area contributed by atoms with Crippen LogP contribution in [0.15, 0.2) is 0 Å². The van der Waals surface area contributed by atoms with Crippen LogP contribution in [0.25, 0.3) is 0 Å². The zero-order chi connectivity index (χ0) is 14.6. The van der Waals surface area contributed by atoms with Crippen molar-refractivity contribution in [3.63, 3.8) is 0 Å². The molecule has 0 aliphatic heterocycles. The largest absolute Gasteiger partial charge is 0.390 e. The molecule has 1 aliphatic rings. The van der Waals surface area contributed by atoms with Crippen LogP contribution < -0.4 is 0 Å². The van der Waals surface area contributed by atoms with E-state index in [0.717, 1.165) is 31.1 Å². The molecular formula is C17H36O. The maximum Gasteiger partial charge on any atom is 0.0645 e. The fourth-order valence-electron chi connectivity index (χ4n) is 2.17. The van der Waals surface area contributed by atoms with Gasteiger partial charge in [0, 0.05) is 0 Å². The molecule has 0 aromatic rings. The lowest BCUT2D eigenvalue weighted by atomic mass is 9.76. The molecule has 110 valence electrons. The average molecular weight is 256 g/mol. The SMILES string of the molecule is CC1CC(C)C(C)(O)CCC1(C)C.CCC(C)C. The minimum atomic E-state index is -0.442. The van der Waals surface area contributed by atoms with Crippen molar-refractivity contribution in [2.75, 3.05) is 0 Å². The lowest BCUT2D eigenvalue weighted by molar-refractivity contribution is -0.00186. The Morgan fingerprint density at radius 2 is 1.50 bits per heavy atom. The van der Waals surface area contributed by atoms with Gasteiger partial charge in [0.2, 0.25) is 0 Å². The molecule has 0 aromatic heterocycles. The number of hydrogen-bond donors (Lipinski definition) is 1. The maximum atomic E-state index is 10.2. The lowest BCUT2D eigenvalue weighted by Gasteiger charge is -2.30. The summed E-state index contributed by atoms with van der Waals surface area (Å²) in [5.41, 5.74) is -0.0449. The molecule has 1 nitrogen and oxygen atoms in total. The smallest absolute Gasteiger partial charge is 0.0645 e. The van der Waals surface area contributed by atoms with Crippen LogP contribution in [0.3, 0.4) is 0 Å². The maximum absolute atomic E-state index is 10.2. The summed E-state index contributed by atoms with van der Waals surface area (Å²) < 4.78 is 0. The first kappa shape index (κ1) is 18.0. The van der Waals surface area contributed by atoms with Crippen molar-refractivity contribution in [3.8, 4) is 0 Å². The molecule has 1 aliphatic carbocycles. The second-order valence-corrected chi connectivity index (χ2v) is 7.69. The van der Waals surface area contributed by atoms with Gasteiger partial charge in [-0.3, -0.25) is 0 Å². The fraction of sp³-hybridized carbons (Fsp3) is 1.00. The van der Waals surface area contributed by atoms with Gasteiger partial charge in [-0.1, -0.05) is 54.9 Å². The van der Waals surface area contributed by atoms with Crippen molar-refractivity contribution < 1.29 is 5.11 Å². The number of hydrogen-bond acceptors (Lipinski definition) is 1. The van der Waals surface area contributed by atoms with Crippen LogP contribution in [0, 0.1) is 23.2 Å². The molecule has 1 rings (SSSR count). The normalized spacial score (nSPS) is 35.7. The van der Waals surface area contributed by atoms with Crippen molar-refractivity contribution in [2.45, 2.75) is 86.7 Å². The van der Waals surface area contributed by atoms with E-state index in [2.05, 4.69) is 48.5 Å². The molecule has 18 heavy (non-hydrogen) atoms. The van der Waals surface area contributed by atoms with E-state index in [-0.39, 0.29) is 0 Å². The van der Waals surface area contributed by atoms with Crippen LogP contribution in [0.1, 0.15) is 81.1 Å². The Bertz CT molecular complexity index is 208. The highest BCUT2D eigenvalue weighted by atomic mass is 16.3. The zero-order valence-electron chi connectivity index (χ0n) is 14.0. The van der Waals surface area contributed by atoms with Gasteiger partial charge >= 0.3 is 0 Å². The summed E-state index contributed by atoms with van der Waals surface area (Å²) in [6.07, 6.45) is 4.55. The predicted molar refractivity (Wildman–Crippen MR) is 81.7 cm³/mol. The Hall–Kier alpha value is -0.0400. The molecule has 1 fully saturated rings. The third-order valence-electron chi connectivity index (χ3n) is 5.19. The summed E-state index contributed by atoms with van der Waals surface area (Å²) >= 11 is 0. The van der Waals surface area contributed by atoms with E-state index in [1.807, 2.05) is 6.92 Å². The molecule has 1 heteroatoms. The second-order valence-electron chi connectivity index (χ2n) is 7.69. The monoisotopic (exact) mass is 256 g/mol. The molecule has 0 bridgehead atoms. The molecule has 1 N–H and O–H groups in total. The summed E-state index contributed by atoms with van der Waals surface area (Å²) in [4.78, 5) is 0. The summed E-state index contributed by atoms with van der Waals surface area (Å²) in [7, 11) is 0. The molecule has 1 saturated carbocycles. The topological polar surface area (TPSA) is 20.2 Å². The van der Waals surface area contributed by atoms with E-state index in [0.29, 0.717) is 11.3 Å². The Kier molecular flexibility index (Phi) is 6.92. The quantitative estimate of drug-likeness (QED) is 0.633. The Labute approximate surface area is 115 Å². The molecule has 0 spiro atoms. The number of rotatable bonds is 1.